The van der Waals surface area contributed by atoms with Gasteiger partial charge in [-0.2, -0.15) is 5.10 Å². The van der Waals surface area contributed by atoms with Crippen molar-refractivity contribution in [3.8, 4) is 11.5 Å². The number of aromatic amines is 2. The van der Waals surface area contributed by atoms with E-state index in [0.29, 0.717) is 18.1 Å². The van der Waals surface area contributed by atoms with Crippen LogP contribution in [0.1, 0.15) is 18.2 Å². The van der Waals surface area contributed by atoms with E-state index in [2.05, 4.69) is 36.1 Å². The smallest absolute Gasteiger partial charge is 0.307 e. The fourth-order valence-corrected chi connectivity index (χ4v) is 2.17. The van der Waals surface area contributed by atoms with Gasteiger partial charge in [-0.1, -0.05) is 0 Å². The van der Waals surface area contributed by atoms with Crippen LogP contribution >= 0.6 is 15.9 Å². The fourth-order valence-electron chi connectivity index (χ4n) is 1.83. The van der Waals surface area contributed by atoms with E-state index in [1.807, 2.05) is 6.07 Å². The molecule has 3 rings (SSSR count). The van der Waals surface area contributed by atoms with Gasteiger partial charge in [-0.3, -0.25) is 9.89 Å². The molecule has 0 unspecified atom stereocenters. The second-order valence-corrected chi connectivity index (χ2v) is 4.98. The maximum absolute atomic E-state index is 10.8. The molecule has 3 N–H and O–H groups in total. The van der Waals surface area contributed by atoms with Gasteiger partial charge in [0, 0.05) is 16.6 Å². The van der Waals surface area contributed by atoms with Gasteiger partial charge in [0.2, 0.25) is 0 Å². The van der Waals surface area contributed by atoms with Gasteiger partial charge < -0.3 is 10.1 Å². The minimum Gasteiger partial charge on any atom is -0.481 e. The topological polar surface area (TPSA) is 94.7 Å². The highest BCUT2D eigenvalue weighted by Crippen LogP contribution is 2.46. The molecule has 0 aliphatic heterocycles. The summed E-state index contributed by atoms with van der Waals surface area (Å²) in [5.74, 6) is 0.105. The van der Waals surface area contributed by atoms with Crippen molar-refractivity contribution in [2.24, 2.45) is 5.92 Å². The van der Waals surface area contributed by atoms with Crippen LogP contribution in [0.15, 0.2) is 16.7 Å². The molecule has 0 amide bonds. The van der Waals surface area contributed by atoms with Crippen molar-refractivity contribution in [1.29, 1.82) is 0 Å². The van der Waals surface area contributed by atoms with Crippen LogP contribution in [0, 0.1) is 5.92 Å². The van der Waals surface area contributed by atoms with Gasteiger partial charge in [-0.05, 0) is 28.4 Å². The lowest BCUT2D eigenvalue weighted by atomic mass is 10.3. The van der Waals surface area contributed by atoms with E-state index < -0.39 is 5.97 Å². The lowest BCUT2D eigenvalue weighted by Crippen LogP contribution is -1.99. The number of hydrogen-bond donors (Lipinski definition) is 3. The second-order valence-electron chi connectivity index (χ2n) is 4.06. The summed E-state index contributed by atoms with van der Waals surface area (Å²) in [6, 6.07) is 1.87. The van der Waals surface area contributed by atoms with Crippen LogP contribution in [-0.2, 0) is 4.79 Å². The highest BCUT2D eigenvalue weighted by molar-refractivity contribution is 9.10. The Morgan fingerprint density at radius 2 is 2.41 bits per heavy atom. The molecule has 0 radical (unpaired) electrons. The first-order valence-electron chi connectivity index (χ1n) is 5.14. The number of H-pyrrole nitrogens is 2. The van der Waals surface area contributed by atoms with E-state index in [4.69, 9.17) is 5.11 Å². The molecule has 0 aromatic carbocycles. The van der Waals surface area contributed by atoms with Gasteiger partial charge in [0.1, 0.15) is 5.82 Å². The number of rotatable bonds is 3. The molecule has 2 aromatic heterocycles. The number of aliphatic carboxylic acids is 1. The van der Waals surface area contributed by atoms with Crippen molar-refractivity contribution in [2.75, 3.05) is 0 Å². The number of carboxylic acid groups (broad SMARTS) is 1. The number of halogens is 1. The Balaban J connectivity index is 1.82. The third-order valence-corrected chi connectivity index (χ3v) is 3.31. The number of nitrogens with zero attached hydrogens (tertiary/aromatic N) is 2. The molecule has 17 heavy (non-hydrogen) atoms. The van der Waals surface area contributed by atoms with E-state index in [1.165, 1.54) is 0 Å². The Bertz CT molecular complexity index is 576. The Morgan fingerprint density at radius 3 is 3.00 bits per heavy atom. The first kappa shape index (κ1) is 10.5. The number of carboxylic acids is 1. The van der Waals surface area contributed by atoms with Crippen LogP contribution in [0.5, 0.6) is 0 Å². The quantitative estimate of drug-likeness (QED) is 0.804. The SMILES string of the molecule is O=C(O)[C@@H]1C[C@H]1c1nc(-c2cc(Br)c[nH]2)n[nH]1. The van der Waals surface area contributed by atoms with E-state index in [-0.39, 0.29) is 11.8 Å². The predicted molar refractivity (Wildman–Crippen MR) is 62.4 cm³/mol. The summed E-state index contributed by atoms with van der Waals surface area (Å²) in [5.41, 5.74) is 0.798. The van der Waals surface area contributed by atoms with Crippen LogP contribution in [-0.4, -0.2) is 31.2 Å². The van der Waals surface area contributed by atoms with E-state index in [0.717, 1.165) is 10.2 Å². The Kier molecular flexibility index (Phi) is 2.29. The standard InChI is InChI=1S/C10H9BrN4O2/c11-4-1-7(12-3-4)9-13-8(14-15-9)5-2-6(5)10(16)17/h1,3,5-6,12H,2H2,(H,16,17)(H,13,14,15)/t5-,6-/m1/s1. The van der Waals surface area contributed by atoms with Gasteiger partial charge in [-0.25, -0.2) is 4.98 Å². The van der Waals surface area contributed by atoms with Crippen LogP contribution in [0.2, 0.25) is 0 Å². The van der Waals surface area contributed by atoms with E-state index >= 15 is 0 Å². The largest absolute Gasteiger partial charge is 0.481 e. The molecule has 6 nitrogen and oxygen atoms in total. The molecule has 2 aromatic rings. The number of aromatic nitrogens is 4. The molecule has 0 saturated heterocycles. The molecule has 0 bridgehead atoms. The highest BCUT2D eigenvalue weighted by atomic mass is 79.9. The van der Waals surface area contributed by atoms with Crippen LogP contribution in [0.4, 0.5) is 0 Å². The third kappa shape index (κ3) is 1.86. The molecule has 2 atom stereocenters. The average Bonchev–Trinajstić information content (AvgIpc) is 2.74. The Labute approximate surface area is 105 Å². The van der Waals surface area contributed by atoms with E-state index in [1.54, 1.807) is 6.20 Å². The normalized spacial score (nSPS) is 22.6. The zero-order valence-corrected chi connectivity index (χ0v) is 10.2. The first-order chi connectivity index (χ1) is 8.15. The zero-order chi connectivity index (χ0) is 12.0. The zero-order valence-electron chi connectivity index (χ0n) is 8.64. The summed E-state index contributed by atoms with van der Waals surface area (Å²) >= 11 is 3.33. The van der Waals surface area contributed by atoms with Gasteiger partial charge in [0.15, 0.2) is 5.82 Å². The maximum Gasteiger partial charge on any atom is 0.307 e. The molecule has 0 spiro atoms. The summed E-state index contributed by atoms with van der Waals surface area (Å²) in [7, 11) is 0. The summed E-state index contributed by atoms with van der Waals surface area (Å²) in [6.45, 7) is 0. The van der Waals surface area contributed by atoms with Gasteiger partial charge >= 0.3 is 5.97 Å². The van der Waals surface area contributed by atoms with Gasteiger partial charge in [0.25, 0.3) is 0 Å². The monoisotopic (exact) mass is 296 g/mol. The number of nitrogens with one attached hydrogen (secondary N) is 2. The molecule has 1 aliphatic carbocycles. The van der Waals surface area contributed by atoms with Crippen molar-refractivity contribution in [2.45, 2.75) is 12.3 Å². The lowest BCUT2D eigenvalue weighted by Gasteiger charge is -1.89. The van der Waals surface area contributed by atoms with Crippen LogP contribution in [0.25, 0.3) is 11.5 Å². The van der Waals surface area contributed by atoms with E-state index in [9.17, 15) is 4.79 Å². The van der Waals surface area contributed by atoms with Crippen molar-refractivity contribution in [3.05, 3.63) is 22.6 Å². The number of carbonyl (C=O) groups is 1. The molecular weight excluding hydrogens is 288 g/mol. The first-order valence-corrected chi connectivity index (χ1v) is 5.94. The minimum atomic E-state index is -0.768. The fraction of sp³-hybridized carbons (Fsp3) is 0.300. The lowest BCUT2D eigenvalue weighted by molar-refractivity contribution is -0.138. The minimum absolute atomic E-state index is 0.0212. The third-order valence-electron chi connectivity index (χ3n) is 2.85. The van der Waals surface area contributed by atoms with Crippen LogP contribution in [0.3, 0.4) is 0 Å². The van der Waals surface area contributed by atoms with Gasteiger partial charge in [-0.15, -0.1) is 0 Å². The molecular formula is C10H9BrN4O2. The maximum atomic E-state index is 10.8. The van der Waals surface area contributed by atoms with Crippen molar-refractivity contribution in [1.82, 2.24) is 20.2 Å². The van der Waals surface area contributed by atoms with Crippen molar-refractivity contribution >= 4 is 21.9 Å². The van der Waals surface area contributed by atoms with Crippen molar-refractivity contribution < 1.29 is 9.90 Å². The van der Waals surface area contributed by atoms with Gasteiger partial charge in [0.05, 0.1) is 11.6 Å². The average molecular weight is 297 g/mol. The van der Waals surface area contributed by atoms with Crippen LogP contribution < -0.4 is 0 Å². The molecule has 2 heterocycles. The number of hydrogen-bond acceptors (Lipinski definition) is 3. The Hall–Kier alpha value is -1.63. The summed E-state index contributed by atoms with van der Waals surface area (Å²) < 4.78 is 0.925. The molecule has 88 valence electrons. The Morgan fingerprint density at radius 1 is 1.59 bits per heavy atom. The predicted octanol–water partition coefficient (Wildman–Crippen LogP) is 1.75. The molecule has 7 heteroatoms. The summed E-state index contributed by atoms with van der Waals surface area (Å²) in [4.78, 5) is 18.1. The summed E-state index contributed by atoms with van der Waals surface area (Å²) in [5, 5.41) is 15.7. The second kappa shape index (κ2) is 3.69. The summed E-state index contributed by atoms with van der Waals surface area (Å²) in [6.07, 6.45) is 2.43. The molecule has 1 aliphatic rings. The van der Waals surface area contributed by atoms with Crippen molar-refractivity contribution in [3.63, 3.8) is 0 Å². The molecule has 1 saturated carbocycles. The highest BCUT2D eigenvalue weighted by Gasteiger charge is 2.46. The molecule has 1 fully saturated rings.